The van der Waals surface area contributed by atoms with Crippen molar-refractivity contribution in [1.82, 2.24) is 9.97 Å². The third kappa shape index (κ3) is 2.64. The molecule has 0 fully saturated rings. The summed E-state index contributed by atoms with van der Waals surface area (Å²) in [7, 11) is 1.29. The highest BCUT2D eigenvalue weighted by Crippen LogP contribution is 2.31. The van der Waals surface area contributed by atoms with Gasteiger partial charge in [-0.2, -0.15) is 0 Å². The number of fused-ring (bicyclic) bond motifs is 1. The van der Waals surface area contributed by atoms with E-state index < -0.39 is 5.97 Å². The number of nitrogens with zero attached hydrogens (tertiary/aromatic N) is 2. The molecule has 0 unspecified atom stereocenters. The molecule has 0 amide bonds. The lowest BCUT2D eigenvalue weighted by atomic mass is 10.2. The van der Waals surface area contributed by atoms with E-state index >= 15 is 0 Å². The zero-order valence-corrected chi connectivity index (χ0v) is 11.5. The summed E-state index contributed by atoms with van der Waals surface area (Å²) in [5.41, 5.74) is 7.08. The lowest BCUT2D eigenvalue weighted by Crippen LogP contribution is -2.12. The predicted octanol–water partition coefficient (Wildman–Crippen LogP) is 2.18. The van der Waals surface area contributed by atoms with Crippen molar-refractivity contribution in [2.24, 2.45) is 0 Å². The minimum Gasteiger partial charge on any atom is -0.490 e. The third-order valence-corrected chi connectivity index (χ3v) is 2.86. The van der Waals surface area contributed by atoms with Gasteiger partial charge in [0, 0.05) is 6.20 Å². The van der Waals surface area contributed by atoms with Gasteiger partial charge < -0.3 is 15.2 Å². The number of aromatic nitrogens is 2. The number of carbonyl (C=O) groups excluding carboxylic acids is 1. The first-order chi connectivity index (χ1) is 9.69. The number of ether oxygens (including phenoxy) is 2. The Bertz CT molecular complexity index is 628. The number of pyridine rings is 2. The number of carbonyl (C=O) groups is 1. The van der Waals surface area contributed by atoms with Gasteiger partial charge in [0.1, 0.15) is 16.9 Å². The third-order valence-electron chi connectivity index (χ3n) is 2.86. The van der Waals surface area contributed by atoms with Gasteiger partial charge in [-0.15, -0.1) is 0 Å². The number of hydrogen-bond donors (Lipinski definition) is 1. The Labute approximate surface area is 116 Å². The second-order valence-electron chi connectivity index (χ2n) is 4.27. The molecule has 106 valence electrons. The highest BCUT2D eigenvalue weighted by atomic mass is 16.5. The lowest BCUT2D eigenvalue weighted by Gasteiger charge is -2.13. The molecule has 0 saturated carbocycles. The van der Waals surface area contributed by atoms with Crippen LogP contribution < -0.4 is 10.5 Å². The summed E-state index contributed by atoms with van der Waals surface area (Å²) in [6, 6.07) is 3.52. The van der Waals surface area contributed by atoms with E-state index in [0.29, 0.717) is 23.4 Å². The molecule has 20 heavy (non-hydrogen) atoms. The zero-order chi connectivity index (χ0) is 14.5. The Morgan fingerprint density at radius 2 is 2.25 bits per heavy atom. The molecular weight excluding hydrogens is 258 g/mol. The SMILES string of the molecule is CCCCOc1c(C(=O)OC)c(N)nc2cccnc12. The number of methoxy groups -OCH3 is 1. The van der Waals surface area contributed by atoms with Gasteiger partial charge in [0.2, 0.25) is 0 Å². The van der Waals surface area contributed by atoms with Gasteiger partial charge in [-0.1, -0.05) is 13.3 Å². The van der Waals surface area contributed by atoms with Crippen LogP contribution in [0, 0.1) is 0 Å². The summed E-state index contributed by atoms with van der Waals surface area (Å²) in [5, 5.41) is 0. The first-order valence-electron chi connectivity index (χ1n) is 6.44. The number of esters is 1. The fourth-order valence-corrected chi connectivity index (χ4v) is 1.84. The predicted molar refractivity (Wildman–Crippen MR) is 75.7 cm³/mol. The molecule has 2 N–H and O–H groups in total. The molecule has 0 aromatic carbocycles. The molecule has 6 nitrogen and oxygen atoms in total. The second kappa shape index (κ2) is 6.18. The molecule has 0 radical (unpaired) electrons. The maximum atomic E-state index is 11.9. The largest absolute Gasteiger partial charge is 0.490 e. The van der Waals surface area contributed by atoms with Crippen molar-refractivity contribution >= 4 is 22.8 Å². The van der Waals surface area contributed by atoms with Crippen LogP contribution in [0.5, 0.6) is 5.75 Å². The Hall–Kier alpha value is -2.37. The molecular formula is C14H17N3O3. The quantitative estimate of drug-likeness (QED) is 0.664. The van der Waals surface area contributed by atoms with Gasteiger partial charge in [-0.25, -0.2) is 9.78 Å². The Kier molecular flexibility index (Phi) is 4.34. The standard InChI is InChI=1S/C14H17N3O3/c1-3-4-8-20-12-10(14(18)19-2)13(15)17-9-6-5-7-16-11(9)12/h5-7H,3-4,8H2,1-2H3,(H2,15,17). The average molecular weight is 275 g/mol. The van der Waals surface area contributed by atoms with E-state index in [1.54, 1.807) is 18.3 Å². The molecule has 0 bridgehead atoms. The smallest absolute Gasteiger partial charge is 0.345 e. The molecule has 0 aliphatic heterocycles. The highest BCUT2D eigenvalue weighted by Gasteiger charge is 2.22. The average Bonchev–Trinajstić information content (AvgIpc) is 2.46. The van der Waals surface area contributed by atoms with E-state index in [1.807, 2.05) is 0 Å². The maximum Gasteiger partial charge on any atom is 0.345 e. The molecule has 2 heterocycles. The van der Waals surface area contributed by atoms with E-state index in [4.69, 9.17) is 15.2 Å². The van der Waals surface area contributed by atoms with Crippen LogP contribution in [-0.4, -0.2) is 29.7 Å². The highest BCUT2D eigenvalue weighted by molar-refractivity contribution is 6.02. The summed E-state index contributed by atoms with van der Waals surface area (Å²) < 4.78 is 10.5. The molecule has 2 aromatic rings. The molecule has 0 aliphatic rings. The molecule has 2 rings (SSSR count). The van der Waals surface area contributed by atoms with Crippen LogP contribution in [0.3, 0.4) is 0 Å². The number of nitrogens with two attached hydrogens (primary N) is 1. The minimum atomic E-state index is -0.575. The molecule has 0 spiro atoms. The van der Waals surface area contributed by atoms with Crippen LogP contribution in [0.1, 0.15) is 30.1 Å². The minimum absolute atomic E-state index is 0.0869. The fraction of sp³-hybridized carbons (Fsp3) is 0.357. The Morgan fingerprint density at radius 3 is 2.95 bits per heavy atom. The van der Waals surface area contributed by atoms with E-state index in [1.165, 1.54) is 7.11 Å². The van der Waals surface area contributed by atoms with Gasteiger partial charge >= 0.3 is 5.97 Å². The molecule has 0 atom stereocenters. The van der Waals surface area contributed by atoms with Crippen LogP contribution in [0.4, 0.5) is 5.82 Å². The molecule has 2 aromatic heterocycles. The summed E-state index contributed by atoms with van der Waals surface area (Å²) >= 11 is 0. The maximum absolute atomic E-state index is 11.9. The van der Waals surface area contributed by atoms with Crippen LogP contribution in [0.2, 0.25) is 0 Å². The number of anilines is 1. The van der Waals surface area contributed by atoms with Gasteiger partial charge in [-0.05, 0) is 18.6 Å². The van der Waals surface area contributed by atoms with Gasteiger partial charge in [0.25, 0.3) is 0 Å². The van der Waals surface area contributed by atoms with Gasteiger partial charge in [-0.3, -0.25) is 4.98 Å². The van der Waals surface area contributed by atoms with Crippen molar-refractivity contribution < 1.29 is 14.3 Å². The van der Waals surface area contributed by atoms with Crippen molar-refractivity contribution in [2.75, 3.05) is 19.5 Å². The van der Waals surface area contributed by atoms with Gasteiger partial charge in [0.05, 0.1) is 19.2 Å². The topological polar surface area (TPSA) is 87.3 Å². The van der Waals surface area contributed by atoms with Crippen molar-refractivity contribution in [3.8, 4) is 5.75 Å². The Morgan fingerprint density at radius 1 is 1.45 bits per heavy atom. The second-order valence-corrected chi connectivity index (χ2v) is 4.27. The fourth-order valence-electron chi connectivity index (χ4n) is 1.84. The van der Waals surface area contributed by atoms with Crippen LogP contribution in [0.25, 0.3) is 11.0 Å². The van der Waals surface area contributed by atoms with E-state index in [0.717, 1.165) is 12.8 Å². The van der Waals surface area contributed by atoms with Gasteiger partial charge in [0.15, 0.2) is 5.75 Å². The number of rotatable bonds is 5. The monoisotopic (exact) mass is 275 g/mol. The molecule has 0 aliphatic carbocycles. The van der Waals surface area contributed by atoms with Crippen LogP contribution in [-0.2, 0) is 4.74 Å². The first kappa shape index (κ1) is 14.0. The molecule has 6 heteroatoms. The van der Waals surface area contributed by atoms with Crippen molar-refractivity contribution in [3.63, 3.8) is 0 Å². The van der Waals surface area contributed by atoms with Crippen LogP contribution in [0.15, 0.2) is 18.3 Å². The van der Waals surface area contributed by atoms with Crippen molar-refractivity contribution in [1.29, 1.82) is 0 Å². The number of hydrogen-bond acceptors (Lipinski definition) is 6. The van der Waals surface area contributed by atoms with E-state index in [2.05, 4.69) is 16.9 Å². The summed E-state index contributed by atoms with van der Waals surface area (Å²) in [4.78, 5) is 20.3. The summed E-state index contributed by atoms with van der Waals surface area (Å²) in [5.74, 6) is -0.147. The lowest BCUT2D eigenvalue weighted by molar-refractivity contribution is 0.0597. The summed E-state index contributed by atoms with van der Waals surface area (Å²) in [6.07, 6.45) is 3.48. The number of nitrogen functional groups attached to an aromatic ring is 1. The van der Waals surface area contributed by atoms with E-state index in [9.17, 15) is 4.79 Å². The van der Waals surface area contributed by atoms with Crippen molar-refractivity contribution in [3.05, 3.63) is 23.9 Å². The zero-order valence-electron chi connectivity index (χ0n) is 11.5. The van der Waals surface area contributed by atoms with Crippen LogP contribution >= 0.6 is 0 Å². The van der Waals surface area contributed by atoms with E-state index in [-0.39, 0.29) is 11.4 Å². The van der Waals surface area contributed by atoms with Crippen molar-refractivity contribution in [2.45, 2.75) is 19.8 Å². The first-order valence-corrected chi connectivity index (χ1v) is 6.44. The normalized spacial score (nSPS) is 10.5. The summed E-state index contributed by atoms with van der Waals surface area (Å²) in [6.45, 7) is 2.54. The molecule has 0 saturated heterocycles. The number of unbranched alkanes of at least 4 members (excludes halogenated alkanes) is 1. The Balaban J connectivity index is 2.59.